The average Bonchev–Trinajstić information content (AvgIpc) is 2.18. The van der Waals surface area contributed by atoms with Gasteiger partial charge in [-0.15, -0.1) is 0 Å². The summed E-state index contributed by atoms with van der Waals surface area (Å²) in [6, 6.07) is 4.27. The Labute approximate surface area is 88.8 Å². The fourth-order valence-electron chi connectivity index (χ4n) is 1.11. The molecule has 82 valence electrons. The van der Waals surface area contributed by atoms with Gasteiger partial charge in [0.1, 0.15) is 0 Å². The largest absolute Gasteiger partial charge is 0.311 e. The van der Waals surface area contributed by atoms with Crippen molar-refractivity contribution in [3.8, 4) is 0 Å². The van der Waals surface area contributed by atoms with Crippen LogP contribution in [-0.4, -0.2) is 12.6 Å². The van der Waals surface area contributed by atoms with Crippen molar-refractivity contribution in [3.05, 3.63) is 41.5 Å². The molecule has 0 spiro atoms. The Balaban J connectivity index is 2.53. The third kappa shape index (κ3) is 4.21. The second-order valence-corrected chi connectivity index (χ2v) is 3.64. The molecule has 1 nitrogen and oxygen atoms in total. The lowest BCUT2D eigenvalue weighted by Crippen LogP contribution is -2.22. The molecule has 1 aromatic rings. The zero-order valence-corrected chi connectivity index (χ0v) is 8.93. The van der Waals surface area contributed by atoms with Gasteiger partial charge < -0.3 is 5.32 Å². The predicted molar refractivity (Wildman–Crippen MR) is 58.5 cm³/mol. The van der Waals surface area contributed by atoms with Gasteiger partial charge in [0.05, 0.1) is 0 Å². The molecule has 0 unspecified atom stereocenters. The standard InChI is InChI=1S/C12H15F2N/c1-9(2)15-7-3-4-10-5-6-11(13)12(14)8-10/h3-6,8-9,15H,7H2,1-2H3. The van der Waals surface area contributed by atoms with Crippen molar-refractivity contribution in [2.75, 3.05) is 6.54 Å². The number of halogens is 2. The van der Waals surface area contributed by atoms with E-state index >= 15 is 0 Å². The minimum Gasteiger partial charge on any atom is -0.311 e. The minimum atomic E-state index is -0.813. The molecule has 0 aliphatic heterocycles. The molecule has 15 heavy (non-hydrogen) atoms. The molecular weight excluding hydrogens is 196 g/mol. The van der Waals surface area contributed by atoms with Gasteiger partial charge in [-0.1, -0.05) is 32.1 Å². The maximum Gasteiger partial charge on any atom is 0.159 e. The molecule has 0 aromatic heterocycles. The smallest absolute Gasteiger partial charge is 0.159 e. The van der Waals surface area contributed by atoms with Crippen molar-refractivity contribution in [1.82, 2.24) is 5.32 Å². The molecule has 0 atom stereocenters. The van der Waals surface area contributed by atoms with Gasteiger partial charge in [0.2, 0.25) is 0 Å². The molecule has 0 radical (unpaired) electrons. The number of nitrogens with one attached hydrogen (secondary N) is 1. The van der Waals surface area contributed by atoms with Crippen LogP contribution in [0.2, 0.25) is 0 Å². The molecule has 0 heterocycles. The van der Waals surface area contributed by atoms with Crippen LogP contribution in [0, 0.1) is 11.6 Å². The van der Waals surface area contributed by atoms with E-state index < -0.39 is 11.6 Å². The number of rotatable bonds is 4. The van der Waals surface area contributed by atoms with Gasteiger partial charge in [-0.05, 0) is 17.7 Å². The van der Waals surface area contributed by atoms with Crippen LogP contribution in [0.15, 0.2) is 24.3 Å². The van der Waals surface area contributed by atoms with E-state index in [1.807, 2.05) is 19.9 Å². The zero-order valence-electron chi connectivity index (χ0n) is 8.93. The predicted octanol–water partition coefficient (Wildman–Crippen LogP) is 2.98. The molecule has 0 amide bonds. The highest BCUT2D eigenvalue weighted by Gasteiger charge is 1.99. The number of benzene rings is 1. The Kier molecular flexibility index (Phi) is 4.43. The number of hydrogen-bond acceptors (Lipinski definition) is 1. The van der Waals surface area contributed by atoms with Gasteiger partial charge in [0.25, 0.3) is 0 Å². The molecule has 1 aromatic carbocycles. The fourth-order valence-corrected chi connectivity index (χ4v) is 1.11. The van der Waals surface area contributed by atoms with E-state index in [4.69, 9.17) is 0 Å². The van der Waals surface area contributed by atoms with E-state index in [2.05, 4.69) is 5.32 Å². The quantitative estimate of drug-likeness (QED) is 0.807. The van der Waals surface area contributed by atoms with Crippen LogP contribution in [0.4, 0.5) is 8.78 Å². The first-order valence-corrected chi connectivity index (χ1v) is 4.94. The van der Waals surface area contributed by atoms with Crippen molar-refractivity contribution in [3.63, 3.8) is 0 Å². The van der Waals surface area contributed by atoms with E-state index in [1.54, 1.807) is 12.1 Å². The van der Waals surface area contributed by atoms with Crippen molar-refractivity contribution in [2.45, 2.75) is 19.9 Å². The fraction of sp³-hybridized carbons (Fsp3) is 0.333. The van der Waals surface area contributed by atoms with E-state index in [-0.39, 0.29) is 0 Å². The summed E-state index contributed by atoms with van der Waals surface area (Å²) < 4.78 is 25.4. The topological polar surface area (TPSA) is 12.0 Å². The normalized spacial score (nSPS) is 11.5. The third-order valence-electron chi connectivity index (χ3n) is 1.90. The molecule has 3 heteroatoms. The lowest BCUT2D eigenvalue weighted by Gasteiger charge is -2.03. The molecule has 0 saturated heterocycles. The molecule has 0 aliphatic rings. The second-order valence-electron chi connectivity index (χ2n) is 3.64. The molecular formula is C12H15F2N. The first kappa shape index (κ1) is 11.9. The molecule has 1 rings (SSSR count). The second kappa shape index (κ2) is 5.61. The van der Waals surface area contributed by atoms with Crippen molar-refractivity contribution in [2.24, 2.45) is 0 Å². The van der Waals surface area contributed by atoms with E-state index in [9.17, 15) is 8.78 Å². The highest BCUT2D eigenvalue weighted by atomic mass is 19.2. The lowest BCUT2D eigenvalue weighted by molar-refractivity contribution is 0.508. The summed E-state index contributed by atoms with van der Waals surface area (Å²) in [4.78, 5) is 0. The summed E-state index contributed by atoms with van der Waals surface area (Å²) in [5.41, 5.74) is 0.666. The Morgan fingerprint density at radius 2 is 2.00 bits per heavy atom. The van der Waals surface area contributed by atoms with Crippen molar-refractivity contribution in [1.29, 1.82) is 0 Å². The van der Waals surface area contributed by atoms with Gasteiger partial charge in [-0.2, -0.15) is 0 Å². The van der Waals surface area contributed by atoms with Crippen molar-refractivity contribution >= 4 is 6.08 Å². The van der Waals surface area contributed by atoms with Crippen LogP contribution in [0.1, 0.15) is 19.4 Å². The van der Waals surface area contributed by atoms with Gasteiger partial charge in [-0.25, -0.2) is 8.78 Å². The molecule has 0 saturated carbocycles. The molecule has 0 aliphatic carbocycles. The summed E-state index contributed by atoms with van der Waals surface area (Å²) >= 11 is 0. The maximum atomic E-state index is 12.8. The monoisotopic (exact) mass is 211 g/mol. The van der Waals surface area contributed by atoms with Crippen LogP contribution < -0.4 is 5.32 Å². The van der Waals surface area contributed by atoms with Crippen LogP contribution >= 0.6 is 0 Å². The van der Waals surface area contributed by atoms with Crippen LogP contribution in [-0.2, 0) is 0 Å². The summed E-state index contributed by atoms with van der Waals surface area (Å²) in [5.74, 6) is -1.62. The number of hydrogen-bond donors (Lipinski definition) is 1. The Morgan fingerprint density at radius 3 is 2.60 bits per heavy atom. The Morgan fingerprint density at radius 1 is 1.27 bits per heavy atom. The summed E-state index contributed by atoms with van der Waals surface area (Å²) in [7, 11) is 0. The van der Waals surface area contributed by atoms with Crippen LogP contribution in [0.3, 0.4) is 0 Å². The Bertz CT molecular complexity index is 345. The maximum absolute atomic E-state index is 12.8. The van der Waals surface area contributed by atoms with Gasteiger partial charge in [0.15, 0.2) is 11.6 Å². The summed E-state index contributed by atoms with van der Waals surface area (Å²) in [6.45, 7) is 4.81. The van der Waals surface area contributed by atoms with Gasteiger partial charge in [-0.3, -0.25) is 0 Å². The highest BCUT2D eigenvalue weighted by Crippen LogP contribution is 2.09. The highest BCUT2D eigenvalue weighted by molar-refractivity contribution is 5.49. The van der Waals surface area contributed by atoms with Gasteiger partial charge >= 0.3 is 0 Å². The van der Waals surface area contributed by atoms with E-state index in [1.165, 1.54) is 6.07 Å². The lowest BCUT2D eigenvalue weighted by atomic mass is 10.2. The first-order valence-electron chi connectivity index (χ1n) is 4.94. The first-order chi connectivity index (χ1) is 7.09. The van der Waals surface area contributed by atoms with E-state index in [0.29, 0.717) is 11.6 Å². The Hall–Kier alpha value is -1.22. The van der Waals surface area contributed by atoms with Crippen LogP contribution in [0.25, 0.3) is 6.08 Å². The van der Waals surface area contributed by atoms with E-state index in [0.717, 1.165) is 12.6 Å². The SMILES string of the molecule is CC(C)NCC=Cc1ccc(F)c(F)c1. The molecule has 0 fully saturated rings. The van der Waals surface area contributed by atoms with Crippen molar-refractivity contribution < 1.29 is 8.78 Å². The molecule has 1 N–H and O–H groups in total. The molecule has 0 bridgehead atoms. The van der Waals surface area contributed by atoms with Gasteiger partial charge in [0, 0.05) is 12.6 Å². The average molecular weight is 211 g/mol. The van der Waals surface area contributed by atoms with Crippen LogP contribution in [0.5, 0.6) is 0 Å². The zero-order chi connectivity index (χ0) is 11.3. The minimum absolute atomic E-state index is 0.416. The third-order valence-corrected chi connectivity index (χ3v) is 1.90. The summed E-state index contributed by atoms with van der Waals surface area (Å²) in [5, 5.41) is 3.19. The summed E-state index contributed by atoms with van der Waals surface area (Å²) in [6.07, 6.45) is 3.64.